The van der Waals surface area contributed by atoms with Crippen molar-refractivity contribution < 1.29 is 9.53 Å². The molecule has 0 atom stereocenters. The minimum absolute atomic E-state index is 0.0748. The van der Waals surface area contributed by atoms with Crippen LogP contribution in [0.15, 0.2) is 54.3 Å². The standard InChI is InChI=1S/C23H22N6O2S/c1-28(14-20-24-11-12-32-20)22(30)17-13-26-29(21(17)15-7-8-15)23-25-10-9-18(27-23)16-5-3-4-6-19(16)31-2/h3-6,9-13,15H,7-8,14H2,1-2H3. The van der Waals surface area contributed by atoms with Crippen LogP contribution in [-0.4, -0.2) is 49.7 Å². The fraction of sp³-hybridized carbons (Fsp3) is 0.261. The maximum atomic E-state index is 13.2. The summed E-state index contributed by atoms with van der Waals surface area (Å²) in [6.07, 6.45) is 7.13. The van der Waals surface area contributed by atoms with Crippen molar-refractivity contribution in [1.82, 2.24) is 29.6 Å². The lowest BCUT2D eigenvalue weighted by atomic mass is 10.1. The number of hydrogen-bond acceptors (Lipinski definition) is 7. The number of nitrogens with zero attached hydrogens (tertiary/aromatic N) is 6. The molecule has 0 N–H and O–H groups in total. The summed E-state index contributed by atoms with van der Waals surface area (Å²) in [5.74, 6) is 1.38. The summed E-state index contributed by atoms with van der Waals surface area (Å²) in [4.78, 5) is 28.4. The SMILES string of the molecule is COc1ccccc1-c1ccnc(-n2ncc(C(=O)N(C)Cc3nccs3)c2C2CC2)n1. The number of hydrogen-bond donors (Lipinski definition) is 0. The zero-order valence-corrected chi connectivity index (χ0v) is 18.6. The molecule has 0 spiro atoms. The first-order valence-electron chi connectivity index (χ1n) is 10.3. The fourth-order valence-electron chi connectivity index (χ4n) is 3.70. The Morgan fingerprint density at radius 3 is 2.81 bits per heavy atom. The van der Waals surface area contributed by atoms with Crippen molar-refractivity contribution in [2.24, 2.45) is 0 Å². The van der Waals surface area contributed by atoms with Crippen LogP contribution in [-0.2, 0) is 6.54 Å². The fourth-order valence-corrected chi connectivity index (χ4v) is 4.37. The molecule has 1 aromatic carbocycles. The summed E-state index contributed by atoms with van der Waals surface area (Å²) in [6.45, 7) is 0.464. The third-order valence-electron chi connectivity index (χ3n) is 5.42. The highest BCUT2D eigenvalue weighted by molar-refractivity contribution is 7.09. The third-order valence-corrected chi connectivity index (χ3v) is 6.18. The van der Waals surface area contributed by atoms with Crippen LogP contribution in [0.5, 0.6) is 5.75 Å². The number of rotatable bonds is 7. The maximum Gasteiger partial charge on any atom is 0.257 e. The highest BCUT2D eigenvalue weighted by Gasteiger charge is 2.34. The molecule has 1 aliphatic rings. The summed E-state index contributed by atoms with van der Waals surface area (Å²) >= 11 is 1.54. The minimum atomic E-state index is -0.0748. The first-order valence-corrected chi connectivity index (χ1v) is 11.2. The van der Waals surface area contributed by atoms with Gasteiger partial charge in [-0.15, -0.1) is 11.3 Å². The largest absolute Gasteiger partial charge is 0.496 e. The van der Waals surface area contributed by atoms with E-state index in [1.165, 1.54) is 11.3 Å². The molecule has 3 aromatic heterocycles. The second kappa shape index (κ2) is 8.51. The Morgan fingerprint density at radius 1 is 1.22 bits per heavy atom. The maximum absolute atomic E-state index is 13.2. The van der Waals surface area contributed by atoms with Gasteiger partial charge < -0.3 is 9.64 Å². The first kappa shape index (κ1) is 20.3. The third kappa shape index (κ3) is 3.87. The molecule has 9 heteroatoms. The molecule has 5 rings (SSSR count). The van der Waals surface area contributed by atoms with Crippen molar-refractivity contribution in [3.63, 3.8) is 0 Å². The molecule has 4 aromatic rings. The van der Waals surface area contributed by atoms with Crippen LogP contribution in [0.4, 0.5) is 0 Å². The van der Waals surface area contributed by atoms with Crippen molar-refractivity contribution in [1.29, 1.82) is 0 Å². The van der Waals surface area contributed by atoms with Crippen LogP contribution in [0.2, 0.25) is 0 Å². The summed E-state index contributed by atoms with van der Waals surface area (Å²) in [5, 5.41) is 7.33. The first-order chi connectivity index (χ1) is 15.7. The highest BCUT2D eigenvalue weighted by Crippen LogP contribution is 2.42. The monoisotopic (exact) mass is 446 g/mol. The normalized spacial score (nSPS) is 13.2. The Morgan fingerprint density at radius 2 is 2.06 bits per heavy atom. The smallest absolute Gasteiger partial charge is 0.257 e. The van der Waals surface area contributed by atoms with Crippen molar-refractivity contribution >= 4 is 17.2 Å². The van der Waals surface area contributed by atoms with Gasteiger partial charge in [-0.25, -0.2) is 19.6 Å². The van der Waals surface area contributed by atoms with Crippen molar-refractivity contribution in [3.8, 4) is 23.0 Å². The molecular weight excluding hydrogens is 424 g/mol. The zero-order chi connectivity index (χ0) is 22.1. The van der Waals surface area contributed by atoms with Crippen LogP contribution < -0.4 is 4.74 Å². The van der Waals surface area contributed by atoms with Gasteiger partial charge in [0.1, 0.15) is 10.8 Å². The zero-order valence-electron chi connectivity index (χ0n) is 17.8. The molecular formula is C23H22N6O2S. The van der Waals surface area contributed by atoms with E-state index in [2.05, 4.69) is 15.1 Å². The molecule has 1 amide bonds. The van der Waals surface area contributed by atoms with Crippen LogP contribution in [0.1, 0.15) is 39.8 Å². The number of thiazole rings is 1. The summed E-state index contributed by atoms with van der Waals surface area (Å²) in [6, 6.07) is 9.56. The Balaban J connectivity index is 1.50. The van der Waals surface area contributed by atoms with E-state index in [0.717, 1.165) is 40.6 Å². The van der Waals surface area contributed by atoms with Gasteiger partial charge in [0.15, 0.2) is 0 Å². The Hall–Kier alpha value is -3.59. The van der Waals surface area contributed by atoms with E-state index in [-0.39, 0.29) is 11.8 Å². The lowest BCUT2D eigenvalue weighted by Crippen LogP contribution is -2.27. The summed E-state index contributed by atoms with van der Waals surface area (Å²) in [7, 11) is 3.43. The van der Waals surface area contributed by atoms with Gasteiger partial charge in [-0.3, -0.25) is 4.79 Å². The average molecular weight is 447 g/mol. The second-order valence-corrected chi connectivity index (χ2v) is 8.64. The summed E-state index contributed by atoms with van der Waals surface area (Å²) in [5.41, 5.74) is 3.08. The van der Waals surface area contributed by atoms with Gasteiger partial charge in [0.25, 0.3) is 11.9 Å². The number of methoxy groups -OCH3 is 1. The molecule has 0 saturated heterocycles. The van der Waals surface area contributed by atoms with Gasteiger partial charge in [0.2, 0.25) is 0 Å². The molecule has 1 aliphatic carbocycles. The molecule has 1 fully saturated rings. The van der Waals surface area contributed by atoms with E-state index in [1.807, 2.05) is 35.7 Å². The molecule has 0 aliphatic heterocycles. The highest BCUT2D eigenvalue weighted by atomic mass is 32.1. The predicted molar refractivity (Wildman–Crippen MR) is 121 cm³/mol. The Labute approximate surface area is 189 Å². The quantitative estimate of drug-likeness (QED) is 0.427. The van der Waals surface area contributed by atoms with Crippen LogP contribution in [0.3, 0.4) is 0 Å². The van der Waals surface area contributed by atoms with Crippen LogP contribution in [0, 0.1) is 0 Å². The number of benzene rings is 1. The molecule has 1 saturated carbocycles. The lowest BCUT2D eigenvalue weighted by Gasteiger charge is -2.16. The lowest BCUT2D eigenvalue weighted by molar-refractivity contribution is 0.0783. The van der Waals surface area contributed by atoms with E-state index in [0.29, 0.717) is 18.1 Å². The van der Waals surface area contributed by atoms with Gasteiger partial charge in [-0.2, -0.15) is 5.10 Å². The number of para-hydroxylation sites is 1. The van der Waals surface area contributed by atoms with Gasteiger partial charge in [-0.1, -0.05) is 12.1 Å². The van der Waals surface area contributed by atoms with Crippen LogP contribution in [0.25, 0.3) is 17.2 Å². The molecule has 162 valence electrons. The molecule has 0 radical (unpaired) electrons. The number of carbonyl (C=O) groups is 1. The Bertz CT molecular complexity index is 1250. The van der Waals surface area contributed by atoms with Crippen molar-refractivity contribution in [2.75, 3.05) is 14.2 Å². The molecule has 8 nitrogen and oxygen atoms in total. The van der Waals surface area contributed by atoms with Crippen molar-refractivity contribution in [2.45, 2.75) is 25.3 Å². The Kier molecular flexibility index (Phi) is 5.40. The van der Waals surface area contributed by atoms with E-state index < -0.39 is 0 Å². The van der Waals surface area contributed by atoms with Crippen LogP contribution >= 0.6 is 11.3 Å². The molecule has 0 bridgehead atoms. The van der Waals surface area contributed by atoms with Gasteiger partial charge in [0.05, 0.1) is 36.8 Å². The summed E-state index contributed by atoms with van der Waals surface area (Å²) < 4.78 is 7.19. The average Bonchev–Trinajstić information content (AvgIpc) is 3.35. The van der Waals surface area contributed by atoms with E-state index >= 15 is 0 Å². The molecule has 3 heterocycles. The van der Waals surface area contributed by atoms with Gasteiger partial charge in [0, 0.05) is 36.3 Å². The predicted octanol–water partition coefficient (Wildman–Crippen LogP) is 3.94. The molecule has 0 unspecified atom stereocenters. The topological polar surface area (TPSA) is 86.0 Å². The van der Waals surface area contributed by atoms with E-state index in [1.54, 1.807) is 42.3 Å². The van der Waals surface area contributed by atoms with Gasteiger partial charge in [-0.05, 0) is 31.0 Å². The molecule has 32 heavy (non-hydrogen) atoms. The number of aromatic nitrogens is 5. The number of amides is 1. The van der Waals surface area contributed by atoms with E-state index in [9.17, 15) is 4.79 Å². The minimum Gasteiger partial charge on any atom is -0.496 e. The van der Waals surface area contributed by atoms with Crippen molar-refractivity contribution in [3.05, 3.63) is 70.6 Å². The van der Waals surface area contributed by atoms with Gasteiger partial charge >= 0.3 is 0 Å². The number of ether oxygens (including phenoxy) is 1. The number of carbonyl (C=O) groups excluding carboxylic acids is 1. The second-order valence-electron chi connectivity index (χ2n) is 7.66. The van der Waals surface area contributed by atoms with E-state index in [4.69, 9.17) is 9.72 Å².